The van der Waals surface area contributed by atoms with E-state index in [0.717, 1.165) is 12.1 Å². The fourth-order valence-electron chi connectivity index (χ4n) is 1.64. The second kappa shape index (κ2) is 5.58. The van der Waals surface area contributed by atoms with Gasteiger partial charge in [0.15, 0.2) is 5.78 Å². The Morgan fingerprint density at radius 2 is 2.06 bits per heavy atom. The van der Waals surface area contributed by atoms with E-state index in [9.17, 15) is 4.79 Å². The van der Waals surface area contributed by atoms with E-state index in [2.05, 4.69) is 24.0 Å². The highest BCUT2D eigenvalue weighted by molar-refractivity contribution is 5.93. The van der Waals surface area contributed by atoms with E-state index >= 15 is 0 Å². The summed E-state index contributed by atoms with van der Waals surface area (Å²) in [4.78, 5) is 13.4. The van der Waals surface area contributed by atoms with Crippen molar-refractivity contribution in [3.63, 3.8) is 0 Å². The van der Waals surface area contributed by atoms with Gasteiger partial charge in [-0.1, -0.05) is 38.5 Å². The van der Waals surface area contributed by atoms with E-state index < -0.39 is 0 Å². The summed E-state index contributed by atoms with van der Waals surface area (Å²) in [5.74, 6) is 0.450. The van der Waals surface area contributed by atoms with Crippen LogP contribution in [0.3, 0.4) is 0 Å². The molecule has 1 unspecified atom stereocenters. The normalized spacial score (nSPS) is 12.3. The lowest BCUT2D eigenvalue weighted by atomic mass is 10.0. The van der Waals surface area contributed by atoms with Crippen LogP contribution in [-0.2, 0) is 0 Å². The van der Waals surface area contributed by atoms with E-state index in [0.29, 0.717) is 18.0 Å². The summed E-state index contributed by atoms with van der Waals surface area (Å²) >= 11 is 0. The van der Waals surface area contributed by atoms with Gasteiger partial charge in [0, 0.05) is 6.42 Å². The van der Waals surface area contributed by atoms with Crippen molar-refractivity contribution in [1.29, 1.82) is 0 Å². The number of hydrogen-bond acceptors (Lipinski definition) is 3. The fraction of sp³-hybridized carbons (Fsp3) is 0.357. The topological polar surface area (TPSA) is 47.8 Å². The van der Waals surface area contributed by atoms with Crippen LogP contribution in [0.25, 0.3) is 5.69 Å². The number of carbonyl (C=O) groups excluding carboxylic acids is 1. The Bertz CT molecular complexity index is 519. The molecule has 0 amide bonds. The maximum atomic E-state index is 11.9. The van der Waals surface area contributed by atoms with Crippen molar-refractivity contribution in [1.82, 2.24) is 15.0 Å². The minimum absolute atomic E-state index is 0.0616. The van der Waals surface area contributed by atoms with Gasteiger partial charge < -0.3 is 0 Å². The molecular weight excluding hydrogens is 226 g/mol. The van der Waals surface area contributed by atoms with Gasteiger partial charge in [-0.15, -0.1) is 5.10 Å². The molecular formula is C14H17N3O. The van der Waals surface area contributed by atoms with Crippen molar-refractivity contribution in [3.8, 4) is 5.69 Å². The van der Waals surface area contributed by atoms with Crippen molar-refractivity contribution in [2.24, 2.45) is 5.92 Å². The van der Waals surface area contributed by atoms with Crippen LogP contribution in [0, 0.1) is 5.92 Å². The number of nitrogens with zero attached hydrogens (tertiary/aromatic N) is 3. The molecule has 0 spiro atoms. The van der Waals surface area contributed by atoms with Gasteiger partial charge in [-0.3, -0.25) is 4.79 Å². The Kier molecular flexibility index (Phi) is 3.87. The van der Waals surface area contributed by atoms with Gasteiger partial charge in [-0.2, -0.15) is 9.90 Å². The molecule has 1 heterocycles. The van der Waals surface area contributed by atoms with E-state index in [1.54, 1.807) is 0 Å². The van der Waals surface area contributed by atoms with Gasteiger partial charge in [0.1, 0.15) is 5.69 Å². The minimum Gasteiger partial charge on any atom is -0.292 e. The number of hydrogen-bond donors (Lipinski definition) is 0. The summed E-state index contributed by atoms with van der Waals surface area (Å²) in [6.45, 7) is 4.15. The molecule has 0 radical (unpaired) electrons. The summed E-state index contributed by atoms with van der Waals surface area (Å²) in [6.07, 6.45) is 3.07. The van der Waals surface area contributed by atoms with Crippen molar-refractivity contribution >= 4 is 5.78 Å². The van der Waals surface area contributed by atoms with Crippen LogP contribution < -0.4 is 0 Å². The first-order valence-electron chi connectivity index (χ1n) is 6.21. The second-order valence-electron chi connectivity index (χ2n) is 4.50. The highest BCUT2D eigenvalue weighted by atomic mass is 16.1. The van der Waals surface area contributed by atoms with Crippen molar-refractivity contribution in [2.75, 3.05) is 0 Å². The molecule has 1 aromatic carbocycles. The molecule has 0 bridgehead atoms. The quantitative estimate of drug-likeness (QED) is 0.759. The first-order valence-corrected chi connectivity index (χ1v) is 6.21. The van der Waals surface area contributed by atoms with Crippen molar-refractivity contribution in [3.05, 3.63) is 42.2 Å². The predicted molar refractivity (Wildman–Crippen MR) is 69.8 cm³/mol. The van der Waals surface area contributed by atoms with Crippen LogP contribution in [-0.4, -0.2) is 20.8 Å². The highest BCUT2D eigenvalue weighted by Crippen LogP contribution is 2.11. The molecule has 4 heteroatoms. The summed E-state index contributed by atoms with van der Waals surface area (Å²) in [5, 5.41) is 8.35. The Morgan fingerprint density at radius 1 is 1.33 bits per heavy atom. The Labute approximate surface area is 107 Å². The Morgan fingerprint density at radius 3 is 2.72 bits per heavy atom. The molecule has 4 nitrogen and oxygen atoms in total. The lowest BCUT2D eigenvalue weighted by molar-refractivity contribution is 0.0958. The summed E-state index contributed by atoms with van der Waals surface area (Å²) < 4.78 is 0. The largest absolute Gasteiger partial charge is 0.292 e. The zero-order valence-electron chi connectivity index (χ0n) is 10.7. The number of benzene rings is 1. The highest BCUT2D eigenvalue weighted by Gasteiger charge is 2.14. The van der Waals surface area contributed by atoms with Crippen LogP contribution >= 0.6 is 0 Å². The SMILES string of the molecule is CCC(C)CC(=O)c1cnn(-c2ccccc2)n1. The van der Waals surface area contributed by atoms with Crippen molar-refractivity contribution in [2.45, 2.75) is 26.7 Å². The molecule has 0 aliphatic heterocycles. The summed E-state index contributed by atoms with van der Waals surface area (Å²) in [5.41, 5.74) is 1.30. The van der Waals surface area contributed by atoms with E-state index in [4.69, 9.17) is 0 Å². The van der Waals surface area contributed by atoms with E-state index in [-0.39, 0.29) is 5.78 Å². The number of para-hydroxylation sites is 1. The fourth-order valence-corrected chi connectivity index (χ4v) is 1.64. The maximum Gasteiger partial charge on any atom is 0.185 e. The molecule has 1 aromatic heterocycles. The first-order chi connectivity index (χ1) is 8.70. The Hall–Kier alpha value is -1.97. The zero-order valence-corrected chi connectivity index (χ0v) is 10.7. The van der Waals surface area contributed by atoms with Gasteiger partial charge in [-0.05, 0) is 18.1 Å². The van der Waals surface area contributed by atoms with Crippen molar-refractivity contribution < 1.29 is 4.79 Å². The van der Waals surface area contributed by atoms with Crippen LogP contribution in [0.15, 0.2) is 36.5 Å². The lowest BCUT2D eigenvalue weighted by Crippen LogP contribution is -2.07. The second-order valence-corrected chi connectivity index (χ2v) is 4.50. The smallest absolute Gasteiger partial charge is 0.185 e. The number of ketones is 1. The summed E-state index contributed by atoms with van der Waals surface area (Å²) in [7, 11) is 0. The standard InChI is InChI=1S/C14H17N3O/c1-3-11(2)9-14(18)13-10-15-17(16-13)12-7-5-4-6-8-12/h4-8,10-11H,3,9H2,1-2H3. The van der Waals surface area contributed by atoms with Gasteiger partial charge in [-0.25, -0.2) is 0 Å². The number of aromatic nitrogens is 3. The Balaban J connectivity index is 2.13. The molecule has 18 heavy (non-hydrogen) atoms. The molecule has 0 saturated heterocycles. The van der Waals surface area contributed by atoms with Crippen LogP contribution in [0.2, 0.25) is 0 Å². The average Bonchev–Trinajstić information content (AvgIpc) is 2.89. The van der Waals surface area contributed by atoms with E-state index in [1.807, 2.05) is 30.3 Å². The first kappa shape index (κ1) is 12.5. The van der Waals surface area contributed by atoms with Gasteiger partial charge >= 0.3 is 0 Å². The molecule has 0 N–H and O–H groups in total. The third kappa shape index (κ3) is 2.83. The van der Waals surface area contributed by atoms with Crippen LogP contribution in [0.5, 0.6) is 0 Å². The number of Topliss-reactive ketones (excluding diaryl/α,β-unsaturated/α-hetero) is 1. The molecule has 0 aliphatic carbocycles. The van der Waals surface area contributed by atoms with E-state index in [1.165, 1.54) is 11.0 Å². The van der Waals surface area contributed by atoms with Gasteiger partial charge in [0.2, 0.25) is 0 Å². The molecule has 0 aliphatic rings. The minimum atomic E-state index is 0.0616. The summed E-state index contributed by atoms with van der Waals surface area (Å²) in [6, 6.07) is 9.58. The molecule has 2 aromatic rings. The predicted octanol–water partition coefficient (Wildman–Crippen LogP) is 2.89. The third-order valence-electron chi connectivity index (χ3n) is 3.00. The number of carbonyl (C=O) groups is 1. The lowest BCUT2D eigenvalue weighted by Gasteiger charge is -2.04. The zero-order chi connectivity index (χ0) is 13.0. The molecule has 94 valence electrons. The molecule has 2 rings (SSSR count). The van der Waals surface area contributed by atoms with Gasteiger partial charge in [0.25, 0.3) is 0 Å². The van der Waals surface area contributed by atoms with Gasteiger partial charge in [0.05, 0.1) is 11.9 Å². The van der Waals surface area contributed by atoms with Crippen LogP contribution in [0.1, 0.15) is 37.2 Å². The maximum absolute atomic E-state index is 11.9. The average molecular weight is 243 g/mol. The molecule has 0 fully saturated rings. The monoisotopic (exact) mass is 243 g/mol. The number of rotatable bonds is 5. The third-order valence-corrected chi connectivity index (χ3v) is 3.00. The molecule has 1 atom stereocenters. The van der Waals surface area contributed by atoms with Crippen LogP contribution in [0.4, 0.5) is 0 Å². The molecule has 0 saturated carbocycles.